The van der Waals surface area contributed by atoms with E-state index in [1.165, 1.54) is 18.2 Å². The Morgan fingerprint density at radius 2 is 0.784 bits per heavy atom. The van der Waals surface area contributed by atoms with Crippen molar-refractivity contribution < 1.29 is 14.4 Å². The van der Waals surface area contributed by atoms with Crippen LogP contribution in [0.5, 0.6) is 0 Å². The van der Waals surface area contributed by atoms with Crippen LogP contribution in [0.1, 0.15) is 58.9 Å². The van der Waals surface area contributed by atoms with Gasteiger partial charge in [-0.2, -0.15) is 0 Å². The Labute approximate surface area is 296 Å². The highest BCUT2D eigenvalue weighted by molar-refractivity contribution is 6.11. The van der Waals surface area contributed by atoms with Gasteiger partial charge in [0.25, 0.3) is 17.7 Å². The lowest BCUT2D eigenvalue weighted by molar-refractivity contribution is 0.101. The van der Waals surface area contributed by atoms with E-state index in [0.29, 0.717) is 33.6 Å². The van der Waals surface area contributed by atoms with Gasteiger partial charge in [0.05, 0.1) is 0 Å². The third-order valence-corrected chi connectivity index (χ3v) is 7.50. The summed E-state index contributed by atoms with van der Waals surface area (Å²) in [5.74, 6) is 13.5. The average molecular weight is 660 g/mol. The van der Waals surface area contributed by atoms with Gasteiger partial charge in [0, 0.05) is 61.6 Å². The van der Waals surface area contributed by atoms with Crippen LogP contribution in [0.3, 0.4) is 0 Å². The highest BCUT2D eigenvalue weighted by Crippen LogP contribution is 2.21. The predicted molar refractivity (Wildman–Crippen MR) is 202 cm³/mol. The first-order chi connectivity index (χ1) is 24.9. The standard InChI is InChI=1S/C45H29N3O3/c1-2-32-16-9-19-37(26-32)43(49)48-42-30-38(44(50)46-40-20-10-17-35(27-40)24-22-33-12-5-3-6-13-33)29-39(31-42)45(51)47-41-21-11-18-36(28-41)25-23-34-14-7-4-8-15-34/h1,3-21,26-31H,(H,46,50)(H,47,51)(H,48,49). The normalized spacial score (nSPS) is 9.86. The van der Waals surface area contributed by atoms with Crippen molar-refractivity contribution >= 4 is 34.8 Å². The van der Waals surface area contributed by atoms with Crippen molar-refractivity contribution in [1.82, 2.24) is 0 Å². The summed E-state index contributed by atoms with van der Waals surface area (Å²) >= 11 is 0. The summed E-state index contributed by atoms with van der Waals surface area (Å²) in [6.07, 6.45) is 5.52. The van der Waals surface area contributed by atoms with Gasteiger partial charge < -0.3 is 16.0 Å². The summed E-state index contributed by atoms with van der Waals surface area (Å²) in [6, 6.07) is 44.6. The Hall–Kier alpha value is -7.59. The molecule has 0 saturated carbocycles. The van der Waals surface area contributed by atoms with Crippen molar-refractivity contribution in [1.29, 1.82) is 0 Å². The number of rotatable bonds is 6. The minimum atomic E-state index is -0.485. The Balaban J connectivity index is 1.26. The van der Waals surface area contributed by atoms with Crippen molar-refractivity contribution in [2.75, 3.05) is 16.0 Å². The number of carbonyl (C=O) groups is 3. The number of terminal acetylenes is 1. The first-order valence-corrected chi connectivity index (χ1v) is 15.9. The third-order valence-electron chi connectivity index (χ3n) is 7.50. The molecule has 3 amide bonds. The second kappa shape index (κ2) is 16.0. The van der Waals surface area contributed by atoms with Crippen LogP contribution in [-0.4, -0.2) is 17.7 Å². The number of nitrogens with one attached hydrogen (secondary N) is 3. The molecule has 0 heterocycles. The molecule has 0 atom stereocenters. The predicted octanol–water partition coefficient (Wildman–Crippen LogP) is 8.22. The van der Waals surface area contributed by atoms with E-state index in [1.54, 1.807) is 60.7 Å². The summed E-state index contributed by atoms with van der Waals surface area (Å²) in [5, 5.41) is 8.58. The zero-order valence-corrected chi connectivity index (χ0v) is 27.2. The van der Waals surface area contributed by atoms with Crippen molar-refractivity contribution in [2.45, 2.75) is 0 Å². The van der Waals surface area contributed by atoms with Crippen LogP contribution < -0.4 is 16.0 Å². The van der Waals surface area contributed by atoms with E-state index in [0.717, 1.165) is 11.1 Å². The molecule has 3 N–H and O–H groups in total. The molecule has 6 aromatic rings. The molecule has 0 fully saturated rings. The smallest absolute Gasteiger partial charge is 0.255 e. The van der Waals surface area contributed by atoms with Crippen molar-refractivity contribution in [2.24, 2.45) is 0 Å². The Morgan fingerprint density at radius 1 is 0.373 bits per heavy atom. The van der Waals surface area contributed by atoms with E-state index >= 15 is 0 Å². The fourth-order valence-corrected chi connectivity index (χ4v) is 5.00. The first-order valence-electron chi connectivity index (χ1n) is 15.9. The lowest BCUT2D eigenvalue weighted by Crippen LogP contribution is -2.18. The average Bonchev–Trinajstić information content (AvgIpc) is 3.17. The molecule has 6 aromatic carbocycles. The van der Waals surface area contributed by atoms with Crippen molar-refractivity contribution in [3.63, 3.8) is 0 Å². The topological polar surface area (TPSA) is 87.3 Å². The fourth-order valence-electron chi connectivity index (χ4n) is 5.00. The zero-order chi connectivity index (χ0) is 35.4. The van der Waals surface area contributed by atoms with E-state index in [-0.39, 0.29) is 16.8 Å². The molecule has 0 bridgehead atoms. The van der Waals surface area contributed by atoms with Crippen LogP contribution in [0.25, 0.3) is 0 Å². The molecule has 0 radical (unpaired) electrons. The molecule has 0 aromatic heterocycles. The number of benzene rings is 6. The van der Waals surface area contributed by atoms with Gasteiger partial charge in [-0.25, -0.2) is 0 Å². The number of anilines is 3. The van der Waals surface area contributed by atoms with E-state index in [4.69, 9.17) is 6.42 Å². The Bertz CT molecular complexity index is 2290. The Morgan fingerprint density at radius 3 is 1.29 bits per heavy atom. The second-order valence-corrected chi connectivity index (χ2v) is 11.3. The molecule has 0 aliphatic rings. The summed E-state index contributed by atoms with van der Waals surface area (Å²) in [4.78, 5) is 40.5. The first kappa shape index (κ1) is 33.3. The largest absolute Gasteiger partial charge is 0.322 e. The van der Waals surface area contributed by atoms with Crippen LogP contribution in [0.15, 0.2) is 152 Å². The van der Waals surface area contributed by atoms with Gasteiger partial charge in [0.2, 0.25) is 0 Å². The summed E-state index contributed by atoms with van der Waals surface area (Å²) in [7, 11) is 0. The number of carbonyl (C=O) groups excluding carboxylic acids is 3. The lowest BCUT2D eigenvalue weighted by Gasteiger charge is -2.13. The molecule has 6 rings (SSSR count). The second-order valence-electron chi connectivity index (χ2n) is 11.3. The fraction of sp³-hybridized carbons (Fsp3) is 0. The third kappa shape index (κ3) is 9.28. The Kier molecular flexibility index (Phi) is 10.5. The maximum Gasteiger partial charge on any atom is 0.255 e. The van der Waals surface area contributed by atoms with E-state index in [9.17, 15) is 14.4 Å². The van der Waals surface area contributed by atoms with Crippen LogP contribution in [-0.2, 0) is 0 Å². The number of amides is 3. The molecule has 6 nitrogen and oxygen atoms in total. The molecule has 6 heteroatoms. The van der Waals surface area contributed by atoms with E-state index in [1.807, 2.05) is 72.8 Å². The lowest BCUT2D eigenvalue weighted by atomic mass is 10.1. The molecule has 0 aliphatic heterocycles. The van der Waals surface area contributed by atoms with Gasteiger partial charge in [0.15, 0.2) is 0 Å². The summed E-state index contributed by atoms with van der Waals surface area (Å²) in [6.45, 7) is 0. The minimum absolute atomic E-state index is 0.151. The van der Waals surface area contributed by atoms with Crippen LogP contribution >= 0.6 is 0 Å². The van der Waals surface area contributed by atoms with Gasteiger partial charge in [0.1, 0.15) is 0 Å². The van der Waals surface area contributed by atoms with Gasteiger partial charge in [-0.05, 0) is 97.1 Å². The number of hydrogen-bond acceptors (Lipinski definition) is 3. The number of hydrogen-bond donors (Lipinski definition) is 3. The van der Waals surface area contributed by atoms with Crippen molar-refractivity contribution in [3.8, 4) is 36.0 Å². The zero-order valence-electron chi connectivity index (χ0n) is 27.2. The van der Waals surface area contributed by atoms with E-state index in [2.05, 4.69) is 45.6 Å². The summed E-state index contributed by atoms with van der Waals surface area (Å²) < 4.78 is 0. The van der Waals surface area contributed by atoms with Gasteiger partial charge in [-0.3, -0.25) is 14.4 Å². The highest BCUT2D eigenvalue weighted by Gasteiger charge is 2.16. The minimum Gasteiger partial charge on any atom is -0.322 e. The molecule has 51 heavy (non-hydrogen) atoms. The van der Waals surface area contributed by atoms with Gasteiger partial charge in [-0.1, -0.05) is 84.2 Å². The van der Waals surface area contributed by atoms with E-state index < -0.39 is 17.7 Å². The van der Waals surface area contributed by atoms with Crippen LogP contribution in [0.4, 0.5) is 17.1 Å². The molecule has 0 saturated heterocycles. The maximum absolute atomic E-state index is 13.6. The highest BCUT2D eigenvalue weighted by atomic mass is 16.2. The van der Waals surface area contributed by atoms with Crippen LogP contribution in [0.2, 0.25) is 0 Å². The molecule has 0 unspecified atom stereocenters. The maximum atomic E-state index is 13.6. The SMILES string of the molecule is C#Cc1cccc(C(=O)Nc2cc(C(=O)Nc3cccc(C#Cc4ccccc4)c3)cc(C(=O)Nc3cccc(C#Cc4ccccc4)c3)c2)c1. The molecule has 0 spiro atoms. The van der Waals surface area contributed by atoms with Crippen molar-refractivity contribution in [3.05, 3.63) is 196 Å². The van der Waals surface area contributed by atoms with Gasteiger partial charge >= 0.3 is 0 Å². The monoisotopic (exact) mass is 659 g/mol. The molecular formula is C45H29N3O3. The quantitative estimate of drug-likeness (QED) is 0.158. The van der Waals surface area contributed by atoms with Gasteiger partial charge in [-0.15, -0.1) is 6.42 Å². The molecule has 0 aliphatic carbocycles. The molecule has 242 valence electrons. The summed E-state index contributed by atoms with van der Waals surface area (Å²) in [5.41, 5.74) is 5.61. The molecular weight excluding hydrogens is 631 g/mol. The van der Waals surface area contributed by atoms with Crippen LogP contribution in [0, 0.1) is 36.0 Å².